The molecule has 82 valence electrons. The molecule has 0 saturated carbocycles. The van der Waals surface area contributed by atoms with Gasteiger partial charge in [-0.15, -0.1) is 0 Å². The zero-order valence-electron chi connectivity index (χ0n) is 8.04. The summed E-state index contributed by atoms with van der Waals surface area (Å²) in [5, 5.41) is 9.05. The third kappa shape index (κ3) is 3.78. The van der Waals surface area contributed by atoms with E-state index in [1.165, 1.54) is 12.1 Å². The van der Waals surface area contributed by atoms with Crippen molar-refractivity contribution in [2.45, 2.75) is 10.3 Å². The van der Waals surface area contributed by atoms with Crippen molar-refractivity contribution in [2.75, 3.05) is 4.43 Å². The number of carbonyl (C=O) groups excluding carboxylic acids is 1. The molecule has 5 heteroatoms. The van der Waals surface area contributed by atoms with Crippen molar-refractivity contribution in [3.8, 4) is 11.5 Å². The van der Waals surface area contributed by atoms with Crippen LogP contribution in [-0.4, -0.2) is 18.9 Å². The molecule has 1 atom stereocenters. The Bertz CT molecular complexity index is 346. The molecule has 1 rings (SSSR count). The van der Waals surface area contributed by atoms with Gasteiger partial charge in [0, 0.05) is 4.43 Å². The molecule has 0 radical (unpaired) electrons. The first-order chi connectivity index (χ1) is 6.95. The molecule has 0 aliphatic carbocycles. The van der Waals surface area contributed by atoms with Gasteiger partial charge in [-0.3, -0.25) is 4.79 Å². The summed E-state index contributed by atoms with van der Waals surface area (Å²) < 4.78 is 5.33. The highest BCUT2D eigenvalue weighted by atomic mass is 127. The smallest absolute Gasteiger partial charge is 0.327 e. The lowest BCUT2D eigenvalue weighted by Gasteiger charge is -2.17. The van der Waals surface area contributed by atoms with Gasteiger partial charge in [0.2, 0.25) is 0 Å². The molecule has 0 spiro atoms. The number of hydrogen-bond donors (Lipinski definition) is 1. The van der Waals surface area contributed by atoms with Crippen LogP contribution in [0.3, 0.4) is 0 Å². The maximum absolute atomic E-state index is 11.7. The van der Waals surface area contributed by atoms with Crippen molar-refractivity contribution in [1.29, 1.82) is 0 Å². The first-order valence-electron chi connectivity index (χ1n) is 4.22. The van der Waals surface area contributed by atoms with Crippen LogP contribution in [0.4, 0.5) is 0 Å². The van der Waals surface area contributed by atoms with E-state index in [2.05, 4.69) is 45.2 Å². The Morgan fingerprint density at radius 3 is 2.47 bits per heavy atom. The quantitative estimate of drug-likeness (QED) is 0.346. The van der Waals surface area contributed by atoms with E-state index in [0.29, 0.717) is 10.2 Å². The molecule has 0 fully saturated rings. The summed E-state index contributed by atoms with van der Waals surface area (Å²) >= 11 is 4.21. The summed E-state index contributed by atoms with van der Waals surface area (Å²) in [4.78, 5) is 11.7. The van der Waals surface area contributed by atoms with E-state index in [1.807, 2.05) is 6.92 Å². The summed E-state index contributed by atoms with van der Waals surface area (Å²) in [5.41, 5.74) is 0. The Morgan fingerprint density at radius 1 is 1.47 bits per heavy atom. The van der Waals surface area contributed by atoms with E-state index in [9.17, 15) is 4.79 Å². The van der Waals surface area contributed by atoms with E-state index in [0.717, 1.165) is 0 Å². The maximum atomic E-state index is 11.7. The average Bonchev–Trinajstić information content (AvgIpc) is 2.21. The minimum atomic E-state index is -0.518. The van der Waals surface area contributed by atoms with Gasteiger partial charge in [-0.25, -0.2) is 0 Å². The molecule has 15 heavy (non-hydrogen) atoms. The second-order valence-electron chi connectivity index (χ2n) is 3.21. The molecule has 0 aromatic heterocycles. The molecule has 0 bridgehead atoms. The first kappa shape index (κ1) is 13.0. The molecular formula is C10H10I2O3. The van der Waals surface area contributed by atoms with Crippen LogP contribution in [0.25, 0.3) is 0 Å². The van der Waals surface area contributed by atoms with E-state index in [-0.39, 0.29) is 11.7 Å². The van der Waals surface area contributed by atoms with Crippen LogP contribution in [0.5, 0.6) is 11.5 Å². The van der Waals surface area contributed by atoms with Gasteiger partial charge >= 0.3 is 5.97 Å². The normalized spacial score (nSPS) is 14.3. The molecule has 0 aliphatic heterocycles. The van der Waals surface area contributed by atoms with Crippen LogP contribution in [0.1, 0.15) is 6.92 Å². The number of halogens is 2. The summed E-state index contributed by atoms with van der Waals surface area (Å²) in [6.07, 6.45) is 0. The molecule has 0 saturated heterocycles. The summed E-state index contributed by atoms with van der Waals surface area (Å²) in [5.74, 6) is 0.328. The molecular weight excluding hydrogens is 422 g/mol. The highest BCUT2D eigenvalue weighted by molar-refractivity contribution is 14.1. The van der Waals surface area contributed by atoms with Crippen molar-refractivity contribution < 1.29 is 14.6 Å². The van der Waals surface area contributed by atoms with Crippen LogP contribution >= 0.6 is 45.2 Å². The van der Waals surface area contributed by atoms with Gasteiger partial charge in [0.15, 0.2) is 0 Å². The van der Waals surface area contributed by atoms with Crippen LogP contribution < -0.4 is 4.74 Å². The first-order valence-corrected chi connectivity index (χ1v) is 6.82. The molecule has 3 nitrogen and oxygen atoms in total. The second-order valence-corrected chi connectivity index (χ2v) is 6.36. The molecule has 1 N–H and O–H groups in total. The van der Waals surface area contributed by atoms with Gasteiger partial charge in [-0.2, -0.15) is 0 Å². The van der Waals surface area contributed by atoms with E-state index >= 15 is 0 Å². The minimum Gasteiger partial charge on any atom is -0.508 e. The van der Waals surface area contributed by atoms with Crippen molar-refractivity contribution >= 4 is 51.2 Å². The predicted octanol–water partition coefficient (Wildman–Crippen LogP) is 2.93. The predicted molar refractivity (Wildman–Crippen MR) is 75.1 cm³/mol. The van der Waals surface area contributed by atoms with Gasteiger partial charge in [-0.1, -0.05) is 45.2 Å². The number of phenolic OH excluding ortho intramolecular Hbond substituents is 1. The number of carbonyl (C=O) groups is 1. The van der Waals surface area contributed by atoms with Crippen LogP contribution in [0.2, 0.25) is 0 Å². The highest BCUT2D eigenvalue weighted by Crippen LogP contribution is 2.25. The van der Waals surface area contributed by atoms with Crippen molar-refractivity contribution in [1.82, 2.24) is 0 Å². The van der Waals surface area contributed by atoms with Crippen molar-refractivity contribution in [3.63, 3.8) is 0 Å². The van der Waals surface area contributed by atoms with Gasteiger partial charge in [-0.05, 0) is 31.2 Å². The Kier molecular flexibility index (Phi) is 4.63. The third-order valence-electron chi connectivity index (χ3n) is 1.72. The standard InChI is InChI=1S/C10H10I2O3/c1-10(12,6-11)9(14)15-8-4-2-7(13)3-5-8/h2-5,13H,6H2,1H3. The minimum absolute atomic E-state index is 0.154. The summed E-state index contributed by atoms with van der Waals surface area (Å²) in [6.45, 7) is 1.82. The van der Waals surface area contributed by atoms with Crippen molar-refractivity contribution in [3.05, 3.63) is 24.3 Å². The molecule has 0 heterocycles. The number of alkyl halides is 2. The average molecular weight is 432 g/mol. The molecule has 0 aliphatic rings. The Morgan fingerprint density at radius 2 is 2.00 bits per heavy atom. The van der Waals surface area contributed by atoms with E-state index in [4.69, 9.17) is 9.84 Å². The number of hydrogen-bond acceptors (Lipinski definition) is 3. The van der Waals surface area contributed by atoms with Crippen LogP contribution in [-0.2, 0) is 4.79 Å². The number of aromatic hydroxyl groups is 1. The number of phenols is 1. The summed E-state index contributed by atoms with van der Waals surface area (Å²) in [6, 6.07) is 6.09. The van der Waals surface area contributed by atoms with E-state index in [1.54, 1.807) is 12.1 Å². The lowest BCUT2D eigenvalue weighted by Crippen LogP contribution is -2.34. The lowest BCUT2D eigenvalue weighted by atomic mass is 10.2. The number of esters is 1. The molecule has 1 unspecified atom stereocenters. The molecule has 0 amide bonds. The number of ether oxygens (including phenoxy) is 1. The Labute approximate surface area is 115 Å². The van der Waals surface area contributed by atoms with Gasteiger partial charge in [0.1, 0.15) is 14.9 Å². The fraction of sp³-hybridized carbons (Fsp3) is 0.300. The van der Waals surface area contributed by atoms with Crippen LogP contribution in [0.15, 0.2) is 24.3 Å². The highest BCUT2D eigenvalue weighted by Gasteiger charge is 2.30. The lowest BCUT2D eigenvalue weighted by molar-refractivity contribution is -0.135. The molecule has 1 aromatic carbocycles. The zero-order chi connectivity index (χ0) is 11.5. The van der Waals surface area contributed by atoms with Gasteiger partial charge < -0.3 is 9.84 Å². The molecule has 1 aromatic rings. The number of benzene rings is 1. The zero-order valence-corrected chi connectivity index (χ0v) is 12.4. The third-order valence-corrected chi connectivity index (χ3v) is 5.53. The fourth-order valence-electron chi connectivity index (χ4n) is 0.782. The van der Waals surface area contributed by atoms with E-state index < -0.39 is 3.42 Å². The SMILES string of the molecule is CC(I)(CI)C(=O)Oc1ccc(O)cc1. The Hall–Kier alpha value is -0.0500. The largest absolute Gasteiger partial charge is 0.508 e. The van der Waals surface area contributed by atoms with Crippen molar-refractivity contribution in [2.24, 2.45) is 0 Å². The monoisotopic (exact) mass is 432 g/mol. The van der Waals surface area contributed by atoms with Crippen LogP contribution in [0, 0.1) is 0 Å². The number of rotatable bonds is 3. The maximum Gasteiger partial charge on any atom is 0.327 e. The topological polar surface area (TPSA) is 46.5 Å². The summed E-state index contributed by atoms with van der Waals surface area (Å²) in [7, 11) is 0. The second kappa shape index (κ2) is 5.33. The van der Waals surface area contributed by atoms with Gasteiger partial charge in [0.05, 0.1) is 0 Å². The Balaban J connectivity index is 2.71. The van der Waals surface area contributed by atoms with Gasteiger partial charge in [0.25, 0.3) is 0 Å². The fourth-order valence-corrected chi connectivity index (χ4v) is 1.20.